The Hall–Kier alpha value is -0.650. The molecule has 0 atom stereocenters. The second kappa shape index (κ2) is 7.07. The van der Waals surface area contributed by atoms with Gasteiger partial charge in [0.2, 0.25) is 5.91 Å². The van der Waals surface area contributed by atoms with E-state index in [1.807, 2.05) is 0 Å². The molecule has 0 unspecified atom stereocenters. The summed E-state index contributed by atoms with van der Waals surface area (Å²) in [6, 6.07) is 4.60. The van der Waals surface area contributed by atoms with Gasteiger partial charge in [0.25, 0.3) is 0 Å². The lowest BCUT2D eigenvalue weighted by Crippen LogP contribution is -2.34. The molecule has 1 fully saturated rings. The monoisotopic (exact) mass is 336 g/mol. The smallest absolute Gasteiger partial charge is 0.227 e. The van der Waals surface area contributed by atoms with Crippen molar-refractivity contribution in [2.45, 2.75) is 12.8 Å². The highest BCUT2D eigenvalue weighted by Crippen LogP contribution is 2.21. The van der Waals surface area contributed by atoms with Gasteiger partial charge in [-0.15, -0.1) is 12.4 Å². The standard InChI is InChI=1S/C12H14BrFN2O.ClH/c13-10-2-1-9(7-11(10)14)16-12(17)8-3-5-15-6-4-8;/h1-2,7-8,15H,3-6H2,(H,16,17);1H. The Morgan fingerprint density at radius 2 is 2.06 bits per heavy atom. The molecule has 1 aromatic carbocycles. The number of carbonyl (C=O) groups is 1. The number of hydrogen-bond acceptors (Lipinski definition) is 2. The fourth-order valence-corrected chi connectivity index (χ4v) is 2.15. The van der Waals surface area contributed by atoms with E-state index in [9.17, 15) is 9.18 Å². The first-order valence-electron chi connectivity index (χ1n) is 5.63. The van der Waals surface area contributed by atoms with Crippen LogP contribution in [0.2, 0.25) is 0 Å². The average Bonchev–Trinajstić information content (AvgIpc) is 2.35. The van der Waals surface area contributed by atoms with Gasteiger partial charge in [0.05, 0.1) is 4.47 Å². The largest absolute Gasteiger partial charge is 0.326 e. The highest BCUT2D eigenvalue weighted by atomic mass is 79.9. The SMILES string of the molecule is Cl.O=C(Nc1ccc(Br)c(F)c1)C1CCNCC1. The summed E-state index contributed by atoms with van der Waals surface area (Å²) in [7, 11) is 0. The van der Waals surface area contributed by atoms with Crippen molar-refractivity contribution in [1.82, 2.24) is 5.32 Å². The van der Waals surface area contributed by atoms with Crippen LogP contribution in [0.3, 0.4) is 0 Å². The summed E-state index contributed by atoms with van der Waals surface area (Å²) in [5.74, 6) is -0.357. The number of carbonyl (C=O) groups excluding carboxylic acids is 1. The molecule has 1 aromatic rings. The Kier molecular flexibility index (Phi) is 6.05. The Morgan fingerprint density at radius 3 is 2.67 bits per heavy atom. The lowest BCUT2D eigenvalue weighted by Gasteiger charge is -2.21. The van der Waals surface area contributed by atoms with E-state index in [-0.39, 0.29) is 30.0 Å². The van der Waals surface area contributed by atoms with Crippen molar-refractivity contribution in [1.29, 1.82) is 0 Å². The molecular formula is C12H15BrClFN2O. The number of halogens is 3. The van der Waals surface area contributed by atoms with Crippen LogP contribution in [0.4, 0.5) is 10.1 Å². The van der Waals surface area contributed by atoms with Crippen LogP contribution in [0.1, 0.15) is 12.8 Å². The van der Waals surface area contributed by atoms with Crippen LogP contribution >= 0.6 is 28.3 Å². The zero-order valence-electron chi connectivity index (χ0n) is 9.71. The summed E-state index contributed by atoms with van der Waals surface area (Å²) in [6.45, 7) is 1.74. The highest BCUT2D eigenvalue weighted by Gasteiger charge is 2.20. The molecular weight excluding hydrogens is 323 g/mol. The minimum Gasteiger partial charge on any atom is -0.326 e. The maximum Gasteiger partial charge on any atom is 0.227 e. The van der Waals surface area contributed by atoms with Gasteiger partial charge in [0.15, 0.2) is 0 Å². The molecule has 0 aromatic heterocycles. The van der Waals surface area contributed by atoms with Crippen molar-refractivity contribution in [2.24, 2.45) is 5.92 Å². The maximum absolute atomic E-state index is 13.3. The molecule has 100 valence electrons. The fraction of sp³-hybridized carbons (Fsp3) is 0.417. The van der Waals surface area contributed by atoms with Gasteiger partial charge in [0.1, 0.15) is 5.82 Å². The van der Waals surface area contributed by atoms with Gasteiger partial charge in [0, 0.05) is 11.6 Å². The molecule has 3 nitrogen and oxygen atoms in total. The Labute approximate surface area is 120 Å². The van der Waals surface area contributed by atoms with Gasteiger partial charge >= 0.3 is 0 Å². The molecule has 1 amide bonds. The van der Waals surface area contributed by atoms with E-state index in [0.717, 1.165) is 25.9 Å². The predicted octanol–water partition coefficient (Wildman–Crippen LogP) is 2.95. The molecule has 1 heterocycles. The van der Waals surface area contributed by atoms with Crippen LogP contribution < -0.4 is 10.6 Å². The van der Waals surface area contributed by atoms with Crippen molar-refractivity contribution < 1.29 is 9.18 Å². The molecule has 0 spiro atoms. The van der Waals surface area contributed by atoms with Crippen LogP contribution in [0, 0.1) is 11.7 Å². The fourth-order valence-electron chi connectivity index (χ4n) is 1.90. The number of anilines is 1. The number of rotatable bonds is 2. The molecule has 0 aliphatic carbocycles. The summed E-state index contributed by atoms with van der Waals surface area (Å²) in [6.07, 6.45) is 1.68. The second-order valence-electron chi connectivity index (χ2n) is 4.14. The lowest BCUT2D eigenvalue weighted by molar-refractivity contribution is -0.120. The predicted molar refractivity (Wildman–Crippen MR) is 75.6 cm³/mol. The minimum atomic E-state index is -0.367. The molecule has 6 heteroatoms. The van der Waals surface area contributed by atoms with Crippen molar-refractivity contribution in [3.8, 4) is 0 Å². The summed E-state index contributed by atoms with van der Waals surface area (Å²) in [5, 5.41) is 5.96. The Balaban J connectivity index is 0.00000162. The summed E-state index contributed by atoms with van der Waals surface area (Å²) in [5.41, 5.74) is 0.509. The number of hydrogen-bond donors (Lipinski definition) is 2. The summed E-state index contributed by atoms with van der Waals surface area (Å²) in [4.78, 5) is 11.9. The van der Waals surface area contributed by atoms with E-state index in [4.69, 9.17) is 0 Å². The third-order valence-electron chi connectivity index (χ3n) is 2.90. The van der Waals surface area contributed by atoms with Gasteiger partial charge in [-0.1, -0.05) is 0 Å². The molecule has 0 saturated carbocycles. The van der Waals surface area contributed by atoms with E-state index < -0.39 is 0 Å². The molecule has 1 aliphatic rings. The van der Waals surface area contributed by atoms with E-state index >= 15 is 0 Å². The zero-order chi connectivity index (χ0) is 12.3. The van der Waals surface area contributed by atoms with Crippen LogP contribution in [-0.2, 0) is 4.79 Å². The van der Waals surface area contributed by atoms with Crippen LogP contribution in [0.25, 0.3) is 0 Å². The highest BCUT2D eigenvalue weighted by molar-refractivity contribution is 9.10. The minimum absolute atomic E-state index is 0. The van der Waals surface area contributed by atoms with Crippen LogP contribution in [0.5, 0.6) is 0 Å². The number of benzene rings is 1. The first kappa shape index (κ1) is 15.4. The Morgan fingerprint density at radius 1 is 1.39 bits per heavy atom. The summed E-state index contributed by atoms with van der Waals surface area (Å²) < 4.78 is 13.7. The topological polar surface area (TPSA) is 41.1 Å². The van der Waals surface area contributed by atoms with Crippen molar-refractivity contribution in [2.75, 3.05) is 18.4 Å². The van der Waals surface area contributed by atoms with Gasteiger partial charge in [-0.3, -0.25) is 4.79 Å². The van der Waals surface area contributed by atoms with Gasteiger partial charge in [-0.2, -0.15) is 0 Å². The molecule has 1 saturated heterocycles. The molecule has 2 N–H and O–H groups in total. The van der Waals surface area contributed by atoms with E-state index in [1.54, 1.807) is 12.1 Å². The quantitative estimate of drug-likeness (QED) is 0.871. The third-order valence-corrected chi connectivity index (χ3v) is 3.54. The molecule has 2 rings (SSSR count). The molecule has 0 bridgehead atoms. The van der Waals surface area contributed by atoms with E-state index in [2.05, 4.69) is 26.6 Å². The van der Waals surface area contributed by atoms with E-state index in [0.29, 0.717) is 10.2 Å². The van der Waals surface area contributed by atoms with Crippen LogP contribution in [0.15, 0.2) is 22.7 Å². The number of nitrogens with one attached hydrogen (secondary N) is 2. The van der Waals surface area contributed by atoms with Crippen LogP contribution in [-0.4, -0.2) is 19.0 Å². The Bertz CT molecular complexity index is 425. The first-order valence-corrected chi connectivity index (χ1v) is 6.43. The van der Waals surface area contributed by atoms with Crippen molar-refractivity contribution in [3.05, 3.63) is 28.5 Å². The van der Waals surface area contributed by atoms with Gasteiger partial charge in [-0.25, -0.2) is 4.39 Å². The normalized spacial score (nSPS) is 15.9. The van der Waals surface area contributed by atoms with Gasteiger partial charge in [-0.05, 0) is 60.1 Å². The third kappa shape index (κ3) is 3.93. The number of piperidine rings is 1. The average molecular weight is 338 g/mol. The zero-order valence-corrected chi connectivity index (χ0v) is 12.1. The molecule has 18 heavy (non-hydrogen) atoms. The van der Waals surface area contributed by atoms with E-state index in [1.165, 1.54) is 6.07 Å². The first-order chi connectivity index (χ1) is 8.16. The number of amides is 1. The maximum atomic E-state index is 13.3. The van der Waals surface area contributed by atoms with Crippen molar-refractivity contribution in [3.63, 3.8) is 0 Å². The van der Waals surface area contributed by atoms with Crippen molar-refractivity contribution >= 4 is 39.9 Å². The molecule has 1 aliphatic heterocycles. The summed E-state index contributed by atoms with van der Waals surface area (Å²) >= 11 is 3.08. The molecule has 0 radical (unpaired) electrons. The van der Waals surface area contributed by atoms with Gasteiger partial charge < -0.3 is 10.6 Å². The second-order valence-corrected chi connectivity index (χ2v) is 5.00. The lowest BCUT2D eigenvalue weighted by atomic mass is 9.97.